The summed E-state index contributed by atoms with van der Waals surface area (Å²) in [5, 5.41) is 12.9. The van der Waals surface area contributed by atoms with E-state index in [1.165, 1.54) is 31.2 Å². The smallest absolute Gasteiger partial charge is 0.409 e. The Morgan fingerprint density at radius 1 is 1.32 bits per heavy atom. The van der Waals surface area contributed by atoms with Gasteiger partial charge in [0.15, 0.2) is 0 Å². The predicted molar refractivity (Wildman–Crippen MR) is 81.0 cm³/mol. The molecule has 0 spiro atoms. The molecule has 0 aliphatic carbocycles. The molecule has 0 aliphatic heterocycles. The fraction of sp³-hybridized carbons (Fsp3) is 0.417. The first-order valence-corrected chi connectivity index (χ1v) is 8.86. The van der Waals surface area contributed by atoms with Crippen molar-refractivity contribution in [2.75, 3.05) is 0 Å². The van der Waals surface area contributed by atoms with E-state index < -0.39 is 23.8 Å². The lowest BCUT2D eigenvalue weighted by atomic mass is 10.3. The largest absolute Gasteiger partial charge is 0.462 e. The number of hydrogen-bond acceptors (Lipinski definition) is 6. The third kappa shape index (κ3) is 6.01. The molecule has 22 heavy (non-hydrogen) atoms. The van der Waals surface area contributed by atoms with E-state index in [0.717, 1.165) is 0 Å². The summed E-state index contributed by atoms with van der Waals surface area (Å²) >= 11 is 5.73. The number of esters is 1. The van der Waals surface area contributed by atoms with Gasteiger partial charge in [0.2, 0.25) is 0 Å². The molecule has 10 heteroatoms. The number of ether oxygens (including phenoxy) is 1. The van der Waals surface area contributed by atoms with Crippen LogP contribution in [0.5, 0.6) is 5.75 Å². The number of halogens is 1. The Labute approximate surface area is 132 Å². The van der Waals surface area contributed by atoms with Crippen molar-refractivity contribution in [3.8, 4) is 5.75 Å². The maximum absolute atomic E-state index is 12.1. The molecule has 1 N–H and O–H groups in total. The number of benzene rings is 1. The number of nitrogens with one attached hydrogen (secondary N) is 1. The van der Waals surface area contributed by atoms with Gasteiger partial charge in [-0.15, -0.1) is 0 Å². The van der Waals surface area contributed by atoms with E-state index in [1.54, 1.807) is 13.8 Å². The Balaban J connectivity index is 2.68. The molecule has 0 aliphatic rings. The van der Waals surface area contributed by atoms with Crippen LogP contribution < -0.4 is 9.61 Å². The summed E-state index contributed by atoms with van der Waals surface area (Å²) in [6.45, 7) is 0.932. The van der Waals surface area contributed by atoms with Crippen molar-refractivity contribution >= 4 is 29.8 Å². The summed E-state index contributed by atoms with van der Waals surface area (Å²) in [4.78, 5) is 21.6. The van der Waals surface area contributed by atoms with E-state index in [2.05, 4.69) is 5.09 Å². The maximum atomic E-state index is 12.1. The molecule has 0 heterocycles. The molecule has 0 fully saturated rings. The van der Waals surface area contributed by atoms with Crippen molar-refractivity contribution in [1.82, 2.24) is 5.09 Å². The summed E-state index contributed by atoms with van der Waals surface area (Å²) in [7, 11) is 0. The molecule has 0 aromatic heterocycles. The van der Waals surface area contributed by atoms with Crippen molar-refractivity contribution in [2.24, 2.45) is 0 Å². The van der Waals surface area contributed by atoms with Gasteiger partial charge in [0.25, 0.3) is 5.69 Å². The number of hydrogen-bond donors (Lipinski definition) is 1. The zero-order chi connectivity index (χ0) is 16.9. The molecule has 0 saturated heterocycles. The van der Waals surface area contributed by atoms with Crippen molar-refractivity contribution in [3.05, 3.63) is 34.4 Å². The van der Waals surface area contributed by atoms with Crippen LogP contribution in [-0.4, -0.2) is 23.0 Å². The SMILES string of the molecule is CC(C)OC(=O)C(C)NP(=O)(Cl)Oc1ccc([N+](=O)[O-])cc1. The Kier molecular flexibility index (Phi) is 6.34. The van der Waals surface area contributed by atoms with E-state index >= 15 is 0 Å². The fourth-order valence-electron chi connectivity index (χ4n) is 1.41. The van der Waals surface area contributed by atoms with Crippen LogP contribution in [0.1, 0.15) is 20.8 Å². The monoisotopic (exact) mass is 350 g/mol. The summed E-state index contributed by atoms with van der Waals surface area (Å²) in [6, 6.07) is 3.94. The standard InChI is InChI=1S/C12H16ClN2O6P/c1-8(2)20-12(16)9(3)14-22(13,19)21-11-6-4-10(5-7-11)15(17)18/h4-9H,1-3H3,(H,14,19). The lowest BCUT2D eigenvalue weighted by Gasteiger charge is -2.19. The lowest BCUT2D eigenvalue weighted by molar-refractivity contribution is -0.384. The van der Waals surface area contributed by atoms with Crippen LogP contribution >= 0.6 is 18.1 Å². The zero-order valence-electron chi connectivity index (χ0n) is 12.2. The molecular weight excluding hydrogens is 335 g/mol. The van der Waals surface area contributed by atoms with Crippen molar-refractivity contribution in [2.45, 2.75) is 32.9 Å². The summed E-state index contributed by atoms with van der Waals surface area (Å²) < 4.78 is 22.1. The van der Waals surface area contributed by atoms with Gasteiger partial charge in [0.05, 0.1) is 11.0 Å². The molecule has 2 unspecified atom stereocenters. The number of nitrogens with zero attached hydrogens (tertiary/aromatic N) is 1. The van der Waals surface area contributed by atoms with Crippen LogP contribution in [0.15, 0.2) is 24.3 Å². The summed E-state index contributed by atoms with van der Waals surface area (Å²) in [6.07, 6.45) is -0.318. The topological polar surface area (TPSA) is 108 Å². The first-order valence-electron chi connectivity index (χ1n) is 6.33. The van der Waals surface area contributed by atoms with Crippen molar-refractivity contribution in [1.29, 1.82) is 0 Å². The maximum Gasteiger partial charge on any atom is 0.409 e. The van der Waals surface area contributed by atoms with Gasteiger partial charge in [-0.1, -0.05) is 0 Å². The molecule has 1 aromatic rings. The Bertz CT molecular complexity index is 592. The van der Waals surface area contributed by atoms with Gasteiger partial charge in [0.1, 0.15) is 11.8 Å². The minimum absolute atomic E-state index is 0.0702. The quantitative estimate of drug-likeness (QED) is 0.348. The van der Waals surface area contributed by atoms with Crippen LogP contribution in [0.3, 0.4) is 0 Å². The van der Waals surface area contributed by atoms with E-state index in [4.69, 9.17) is 20.5 Å². The first-order chi connectivity index (χ1) is 10.1. The van der Waals surface area contributed by atoms with Gasteiger partial charge in [0, 0.05) is 23.4 Å². The molecule has 0 amide bonds. The Hall–Kier alpha value is -1.63. The van der Waals surface area contributed by atoms with E-state index in [-0.39, 0.29) is 17.5 Å². The highest BCUT2D eigenvalue weighted by Crippen LogP contribution is 2.48. The van der Waals surface area contributed by atoms with Crippen molar-refractivity contribution < 1.29 is 23.5 Å². The number of carbonyl (C=O) groups excluding carboxylic acids is 1. The average Bonchev–Trinajstić information content (AvgIpc) is 2.37. The molecule has 122 valence electrons. The molecule has 8 nitrogen and oxygen atoms in total. The molecule has 1 rings (SSSR count). The number of rotatable bonds is 7. The van der Waals surface area contributed by atoms with Crippen LogP contribution in [0.25, 0.3) is 0 Å². The highest BCUT2D eigenvalue weighted by Gasteiger charge is 2.28. The first kappa shape index (κ1) is 18.4. The molecule has 0 saturated carbocycles. The van der Waals surface area contributed by atoms with Crippen LogP contribution in [0.4, 0.5) is 5.69 Å². The second-order valence-electron chi connectivity index (χ2n) is 4.66. The van der Waals surface area contributed by atoms with Gasteiger partial charge < -0.3 is 9.26 Å². The van der Waals surface area contributed by atoms with Crippen LogP contribution in [0, 0.1) is 10.1 Å². The predicted octanol–water partition coefficient (Wildman–Crippen LogP) is 3.25. The molecular formula is C12H16ClN2O6P. The summed E-state index contributed by atoms with van der Waals surface area (Å²) in [5.74, 6) is -0.552. The second-order valence-corrected chi connectivity index (χ2v) is 7.39. The molecule has 1 aromatic carbocycles. The minimum Gasteiger partial charge on any atom is -0.462 e. The van der Waals surface area contributed by atoms with Gasteiger partial charge in [-0.2, -0.15) is 0 Å². The third-order valence-corrected chi connectivity index (χ3v) is 3.96. The highest BCUT2D eigenvalue weighted by atomic mass is 35.7. The average molecular weight is 351 g/mol. The number of nitro benzene ring substituents is 1. The van der Waals surface area contributed by atoms with Gasteiger partial charge >= 0.3 is 12.8 Å². The molecule has 0 radical (unpaired) electrons. The van der Waals surface area contributed by atoms with Crippen LogP contribution in [-0.2, 0) is 14.1 Å². The van der Waals surface area contributed by atoms with Gasteiger partial charge in [-0.25, -0.2) is 9.65 Å². The highest BCUT2D eigenvalue weighted by molar-refractivity contribution is 7.84. The van der Waals surface area contributed by atoms with Gasteiger partial charge in [-0.05, 0) is 32.9 Å². The number of non-ortho nitro benzene ring substituents is 1. The normalized spacial score (nSPS) is 15.0. The van der Waals surface area contributed by atoms with E-state index in [1.807, 2.05) is 0 Å². The summed E-state index contributed by atoms with van der Waals surface area (Å²) in [5.41, 5.74) is -0.140. The lowest BCUT2D eigenvalue weighted by Crippen LogP contribution is -2.34. The fourth-order valence-corrected chi connectivity index (χ4v) is 3.10. The third-order valence-electron chi connectivity index (χ3n) is 2.32. The Morgan fingerprint density at radius 2 is 1.86 bits per heavy atom. The zero-order valence-corrected chi connectivity index (χ0v) is 13.8. The molecule has 2 atom stereocenters. The number of nitro groups is 1. The number of carbonyl (C=O) groups is 1. The van der Waals surface area contributed by atoms with Gasteiger partial charge in [-0.3, -0.25) is 14.9 Å². The van der Waals surface area contributed by atoms with E-state index in [0.29, 0.717) is 0 Å². The van der Waals surface area contributed by atoms with E-state index in [9.17, 15) is 19.5 Å². The van der Waals surface area contributed by atoms with Crippen molar-refractivity contribution in [3.63, 3.8) is 0 Å². The molecule has 0 bridgehead atoms. The Morgan fingerprint density at radius 3 is 2.32 bits per heavy atom. The second kappa shape index (κ2) is 7.58. The minimum atomic E-state index is -3.86. The van der Waals surface area contributed by atoms with Crippen LogP contribution in [0.2, 0.25) is 0 Å².